The molecule has 1 aromatic rings. The van der Waals surface area contributed by atoms with Crippen molar-refractivity contribution >= 4 is 15.9 Å². The molecule has 0 bridgehead atoms. The van der Waals surface area contributed by atoms with Crippen LogP contribution < -0.4 is 11.1 Å². The van der Waals surface area contributed by atoms with Crippen LogP contribution in [0.1, 0.15) is 57.4 Å². The molecule has 3 rings (SSSR count). The first kappa shape index (κ1) is 20.3. The zero-order valence-corrected chi connectivity index (χ0v) is 16.9. The number of carbonyl (C=O) groups excluding carboxylic acids is 1. The highest BCUT2D eigenvalue weighted by Crippen LogP contribution is 2.31. The lowest BCUT2D eigenvalue weighted by atomic mass is 9.74. The smallest absolute Gasteiger partial charge is 0.243 e. The van der Waals surface area contributed by atoms with Gasteiger partial charge in [0.2, 0.25) is 15.9 Å². The van der Waals surface area contributed by atoms with Gasteiger partial charge in [0.1, 0.15) is 0 Å². The third-order valence-corrected chi connectivity index (χ3v) is 7.83. The van der Waals surface area contributed by atoms with Gasteiger partial charge in [-0.25, -0.2) is 8.42 Å². The molecule has 27 heavy (non-hydrogen) atoms. The van der Waals surface area contributed by atoms with E-state index in [9.17, 15) is 13.2 Å². The summed E-state index contributed by atoms with van der Waals surface area (Å²) in [6.07, 6.45) is 6.74. The summed E-state index contributed by atoms with van der Waals surface area (Å²) >= 11 is 0. The van der Waals surface area contributed by atoms with E-state index >= 15 is 0 Å². The fourth-order valence-corrected chi connectivity index (χ4v) is 5.65. The van der Waals surface area contributed by atoms with E-state index < -0.39 is 15.6 Å². The molecule has 1 heterocycles. The topological polar surface area (TPSA) is 92.5 Å². The minimum atomic E-state index is -3.41. The van der Waals surface area contributed by atoms with Crippen LogP contribution in [0.2, 0.25) is 0 Å². The van der Waals surface area contributed by atoms with E-state index in [1.54, 1.807) is 28.6 Å². The van der Waals surface area contributed by atoms with Crippen molar-refractivity contribution in [3.63, 3.8) is 0 Å². The lowest BCUT2D eigenvalue weighted by Crippen LogP contribution is -2.52. The maximum Gasteiger partial charge on any atom is 0.243 e. The molecule has 1 saturated heterocycles. The molecule has 0 spiro atoms. The first-order valence-electron chi connectivity index (χ1n) is 9.96. The molecule has 0 aromatic heterocycles. The summed E-state index contributed by atoms with van der Waals surface area (Å²) in [5.74, 6) is -0.172. The van der Waals surface area contributed by atoms with E-state index in [2.05, 4.69) is 5.32 Å². The van der Waals surface area contributed by atoms with E-state index in [4.69, 9.17) is 5.73 Å². The lowest BCUT2D eigenvalue weighted by Gasteiger charge is -2.37. The SMILES string of the molecule is CC1(N)CCCCC1C(=O)NCc1ccc(S(=O)(=O)N2CCCCC2)cc1. The predicted octanol–water partition coefficient (Wildman–Crippen LogP) is 2.38. The zero-order chi connectivity index (χ0) is 19.5. The normalized spacial score (nSPS) is 27.3. The van der Waals surface area contributed by atoms with Crippen LogP contribution in [0.3, 0.4) is 0 Å². The maximum absolute atomic E-state index is 12.7. The van der Waals surface area contributed by atoms with Gasteiger partial charge in [0, 0.05) is 25.2 Å². The number of carbonyl (C=O) groups is 1. The summed E-state index contributed by atoms with van der Waals surface area (Å²) in [5.41, 5.74) is 6.73. The summed E-state index contributed by atoms with van der Waals surface area (Å²) < 4.78 is 26.9. The Bertz CT molecular complexity index is 753. The molecular formula is C20H31N3O3S. The largest absolute Gasteiger partial charge is 0.352 e. The van der Waals surface area contributed by atoms with Gasteiger partial charge < -0.3 is 11.1 Å². The highest BCUT2D eigenvalue weighted by molar-refractivity contribution is 7.89. The molecule has 1 aromatic carbocycles. The van der Waals surface area contributed by atoms with Gasteiger partial charge in [-0.3, -0.25) is 4.79 Å². The second-order valence-electron chi connectivity index (χ2n) is 8.13. The van der Waals surface area contributed by atoms with E-state index in [1.165, 1.54) is 0 Å². The van der Waals surface area contributed by atoms with Crippen molar-refractivity contribution < 1.29 is 13.2 Å². The Kier molecular flexibility index (Phi) is 6.23. The van der Waals surface area contributed by atoms with Gasteiger partial charge in [-0.1, -0.05) is 31.4 Å². The van der Waals surface area contributed by atoms with Crippen LogP contribution in [0.15, 0.2) is 29.2 Å². The second kappa shape index (κ2) is 8.29. The fraction of sp³-hybridized carbons (Fsp3) is 0.650. The highest BCUT2D eigenvalue weighted by Gasteiger charge is 2.37. The van der Waals surface area contributed by atoms with Gasteiger partial charge in [0.25, 0.3) is 0 Å². The number of nitrogens with zero attached hydrogens (tertiary/aromatic N) is 1. The van der Waals surface area contributed by atoms with Crippen molar-refractivity contribution in [3.8, 4) is 0 Å². The van der Waals surface area contributed by atoms with Crippen LogP contribution >= 0.6 is 0 Å². The third-order valence-electron chi connectivity index (χ3n) is 5.91. The molecule has 6 nitrogen and oxygen atoms in total. The molecule has 2 unspecified atom stereocenters. The van der Waals surface area contributed by atoms with Crippen molar-refractivity contribution in [1.82, 2.24) is 9.62 Å². The predicted molar refractivity (Wildman–Crippen MR) is 105 cm³/mol. The number of hydrogen-bond acceptors (Lipinski definition) is 4. The Morgan fingerprint density at radius 2 is 1.81 bits per heavy atom. The minimum Gasteiger partial charge on any atom is -0.352 e. The maximum atomic E-state index is 12.7. The van der Waals surface area contributed by atoms with Crippen LogP contribution in [-0.2, 0) is 21.4 Å². The zero-order valence-electron chi connectivity index (χ0n) is 16.1. The van der Waals surface area contributed by atoms with Crippen LogP contribution in [0.4, 0.5) is 0 Å². The average molecular weight is 394 g/mol. The van der Waals surface area contributed by atoms with E-state index in [0.29, 0.717) is 24.5 Å². The van der Waals surface area contributed by atoms with Gasteiger partial charge in [0.05, 0.1) is 10.8 Å². The summed E-state index contributed by atoms with van der Waals surface area (Å²) in [6, 6.07) is 6.83. The monoisotopic (exact) mass is 393 g/mol. The lowest BCUT2D eigenvalue weighted by molar-refractivity contribution is -0.128. The fourth-order valence-electron chi connectivity index (χ4n) is 4.13. The molecular weight excluding hydrogens is 362 g/mol. The van der Waals surface area contributed by atoms with Crippen molar-refractivity contribution in [2.24, 2.45) is 11.7 Å². The molecule has 7 heteroatoms. The summed E-state index contributed by atoms with van der Waals surface area (Å²) in [7, 11) is -3.41. The van der Waals surface area contributed by atoms with E-state index in [1.807, 2.05) is 6.92 Å². The number of piperidine rings is 1. The average Bonchev–Trinajstić information content (AvgIpc) is 2.67. The Labute approximate surface area is 162 Å². The second-order valence-corrected chi connectivity index (χ2v) is 10.1. The molecule has 2 aliphatic rings. The summed E-state index contributed by atoms with van der Waals surface area (Å²) in [4.78, 5) is 12.8. The van der Waals surface area contributed by atoms with Gasteiger partial charge in [-0.2, -0.15) is 4.31 Å². The third kappa shape index (κ3) is 4.70. The number of rotatable bonds is 5. The van der Waals surface area contributed by atoms with Crippen molar-refractivity contribution in [2.45, 2.75) is 68.8 Å². The Balaban J connectivity index is 1.60. The van der Waals surface area contributed by atoms with E-state index in [0.717, 1.165) is 50.5 Å². The molecule has 2 atom stereocenters. The van der Waals surface area contributed by atoms with Crippen LogP contribution in [-0.4, -0.2) is 37.3 Å². The van der Waals surface area contributed by atoms with Crippen molar-refractivity contribution in [1.29, 1.82) is 0 Å². The van der Waals surface area contributed by atoms with Crippen LogP contribution in [0.5, 0.6) is 0 Å². The Morgan fingerprint density at radius 3 is 2.44 bits per heavy atom. The summed E-state index contributed by atoms with van der Waals surface area (Å²) in [5, 5.41) is 2.97. The molecule has 150 valence electrons. The molecule has 3 N–H and O–H groups in total. The number of nitrogens with one attached hydrogen (secondary N) is 1. The first-order valence-corrected chi connectivity index (χ1v) is 11.4. The minimum absolute atomic E-state index is 0.00952. The molecule has 1 amide bonds. The Morgan fingerprint density at radius 1 is 1.15 bits per heavy atom. The molecule has 1 aliphatic carbocycles. The van der Waals surface area contributed by atoms with Crippen LogP contribution in [0.25, 0.3) is 0 Å². The number of amides is 1. The summed E-state index contributed by atoms with van der Waals surface area (Å²) in [6.45, 7) is 3.53. The highest BCUT2D eigenvalue weighted by atomic mass is 32.2. The Hall–Kier alpha value is -1.44. The van der Waals surface area contributed by atoms with Gasteiger partial charge in [0.15, 0.2) is 0 Å². The van der Waals surface area contributed by atoms with Gasteiger partial charge in [-0.05, 0) is 50.3 Å². The quantitative estimate of drug-likeness (QED) is 0.803. The van der Waals surface area contributed by atoms with Gasteiger partial charge >= 0.3 is 0 Å². The molecule has 1 aliphatic heterocycles. The van der Waals surface area contributed by atoms with E-state index in [-0.39, 0.29) is 11.8 Å². The van der Waals surface area contributed by atoms with Gasteiger partial charge in [-0.15, -0.1) is 0 Å². The van der Waals surface area contributed by atoms with Crippen LogP contribution in [0, 0.1) is 5.92 Å². The number of benzene rings is 1. The number of nitrogens with two attached hydrogens (primary N) is 1. The molecule has 2 fully saturated rings. The number of sulfonamides is 1. The molecule has 1 saturated carbocycles. The standard InChI is InChI=1S/C20H31N3O3S/c1-20(21)12-4-3-7-18(20)19(24)22-15-16-8-10-17(11-9-16)27(25,26)23-13-5-2-6-14-23/h8-11,18H,2-7,12-15,21H2,1H3,(H,22,24). The molecule has 0 radical (unpaired) electrons. The first-order chi connectivity index (χ1) is 12.8. The van der Waals surface area contributed by atoms with Crippen molar-refractivity contribution in [3.05, 3.63) is 29.8 Å². The number of hydrogen-bond donors (Lipinski definition) is 2. The van der Waals surface area contributed by atoms with Crippen molar-refractivity contribution in [2.75, 3.05) is 13.1 Å².